The standard InChI is InChI=1S/C11H8BrN/c12-10-6-2-1-5-9(10)11-7-3-4-8-13-11/h1-8H. The third kappa shape index (κ3) is 1.78. The Kier molecular flexibility index (Phi) is 2.41. The summed E-state index contributed by atoms with van der Waals surface area (Å²) in [6, 6.07) is 14.0. The van der Waals surface area contributed by atoms with Crippen molar-refractivity contribution < 1.29 is 0 Å². The molecule has 64 valence electrons. The average molecular weight is 234 g/mol. The highest BCUT2D eigenvalue weighted by atomic mass is 79.9. The number of aromatic nitrogens is 1. The molecular formula is C11H8BrN. The third-order valence-corrected chi connectivity index (χ3v) is 2.51. The predicted molar refractivity (Wildman–Crippen MR) is 57.4 cm³/mol. The van der Waals surface area contributed by atoms with Gasteiger partial charge in [0.1, 0.15) is 0 Å². The van der Waals surface area contributed by atoms with Crippen LogP contribution in [0.15, 0.2) is 53.1 Å². The van der Waals surface area contributed by atoms with Gasteiger partial charge in [0.2, 0.25) is 0 Å². The third-order valence-electron chi connectivity index (χ3n) is 1.81. The molecule has 1 aromatic carbocycles. The van der Waals surface area contributed by atoms with Gasteiger partial charge in [-0.15, -0.1) is 0 Å². The highest BCUT2D eigenvalue weighted by Gasteiger charge is 2.00. The zero-order valence-corrected chi connectivity index (χ0v) is 8.53. The number of halogens is 1. The largest absolute Gasteiger partial charge is 0.256 e. The van der Waals surface area contributed by atoms with Crippen LogP contribution in [-0.4, -0.2) is 4.98 Å². The summed E-state index contributed by atoms with van der Waals surface area (Å²) >= 11 is 3.49. The Labute approximate surface area is 85.6 Å². The second-order valence-electron chi connectivity index (χ2n) is 2.69. The summed E-state index contributed by atoms with van der Waals surface area (Å²) in [4.78, 5) is 4.28. The lowest BCUT2D eigenvalue weighted by atomic mass is 10.1. The predicted octanol–water partition coefficient (Wildman–Crippen LogP) is 3.51. The van der Waals surface area contributed by atoms with Crippen molar-refractivity contribution in [1.29, 1.82) is 0 Å². The van der Waals surface area contributed by atoms with Gasteiger partial charge in [0.25, 0.3) is 0 Å². The lowest BCUT2D eigenvalue weighted by Gasteiger charge is -2.01. The average Bonchev–Trinajstić information content (AvgIpc) is 2.20. The van der Waals surface area contributed by atoms with Gasteiger partial charge in [-0.1, -0.05) is 40.2 Å². The number of nitrogens with zero attached hydrogens (tertiary/aromatic N) is 1. The van der Waals surface area contributed by atoms with E-state index in [0.29, 0.717) is 0 Å². The second-order valence-corrected chi connectivity index (χ2v) is 3.55. The molecule has 1 heterocycles. The van der Waals surface area contributed by atoms with Gasteiger partial charge in [-0.3, -0.25) is 4.98 Å². The number of hydrogen-bond acceptors (Lipinski definition) is 1. The van der Waals surface area contributed by atoms with Crippen LogP contribution in [0.3, 0.4) is 0 Å². The molecular weight excluding hydrogens is 226 g/mol. The molecule has 2 aromatic rings. The van der Waals surface area contributed by atoms with Crippen LogP contribution >= 0.6 is 15.9 Å². The van der Waals surface area contributed by atoms with E-state index in [9.17, 15) is 0 Å². The van der Waals surface area contributed by atoms with Gasteiger partial charge in [-0.2, -0.15) is 0 Å². The van der Waals surface area contributed by atoms with Crippen molar-refractivity contribution in [2.24, 2.45) is 0 Å². The fourth-order valence-electron chi connectivity index (χ4n) is 1.19. The van der Waals surface area contributed by atoms with E-state index in [0.717, 1.165) is 15.7 Å². The first kappa shape index (κ1) is 8.45. The Bertz CT molecular complexity index is 398. The molecule has 0 spiro atoms. The Morgan fingerprint density at radius 1 is 0.923 bits per heavy atom. The maximum Gasteiger partial charge on any atom is 0.0713 e. The summed E-state index contributed by atoms with van der Waals surface area (Å²) in [6.07, 6.45) is 1.80. The normalized spacial score (nSPS) is 9.92. The van der Waals surface area contributed by atoms with Crippen molar-refractivity contribution in [2.45, 2.75) is 0 Å². The first-order valence-corrected chi connectivity index (χ1v) is 4.83. The highest BCUT2D eigenvalue weighted by Crippen LogP contribution is 2.25. The van der Waals surface area contributed by atoms with E-state index >= 15 is 0 Å². The van der Waals surface area contributed by atoms with Gasteiger partial charge in [-0.25, -0.2) is 0 Å². The lowest BCUT2D eigenvalue weighted by molar-refractivity contribution is 1.32. The van der Waals surface area contributed by atoms with Crippen molar-refractivity contribution in [1.82, 2.24) is 4.98 Å². The quantitative estimate of drug-likeness (QED) is 0.735. The van der Waals surface area contributed by atoms with E-state index in [1.54, 1.807) is 6.20 Å². The molecule has 0 saturated heterocycles. The summed E-state index contributed by atoms with van der Waals surface area (Å²) in [5, 5.41) is 0. The highest BCUT2D eigenvalue weighted by molar-refractivity contribution is 9.10. The van der Waals surface area contributed by atoms with Crippen LogP contribution in [0.25, 0.3) is 11.3 Å². The van der Waals surface area contributed by atoms with Gasteiger partial charge in [0.15, 0.2) is 0 Å². The van der Waals surface area contributed by atoms with Crippen LogP contribution < -0.4 is 0 Å². The van der Waals surface area contributed by atoms with E-state index in [4.69, 9.17) is 0 Å². The molecule has 0 bridgehead atoms. The molecule has 2 heteroatoms. The second kappa shape index (κ2) is 3.71. The Morgan fingerprint density at radius 2 is 1.69 bits per heavy atom. The summed E-state index contributed by atoms with van der Waals surface area (Å²) in [6.45, 7) is 0. The van der Waals surface area contributed by atoms with Crippen molar-refractivity contribution in [3.05, 3.63) is 53.1 Å². The molecule has 0 saturated carbocycles. The number of rotatable bonds is 1. The fourth-order valence-corrected chi connectivity index (χ4v) is 1.68. The Morgan fingerprint density at radius 3 is 2.38 bits per heavy atom. The van der Waals surface area contributed by atoms with Crippen LogP contribution in [0.2, 0.25) is 0 Å². The smallest absolute Gasteiger partial charge is 0.0713 e. The Balaban J connectivity index is 2.54. The van der Waals surface area contributed by atoms with Crippen LogP contribution in [0, 0.1) is 0 Å². The summed E-state index contributed by atoms with van der Waals surface area (Å²) in [5.74, 6) is 0. The molecule has 0 radical (unpaired) electrons. The van der Waals surface area contributed by atoms with Crippen LogP contribution in [0.4, 0.5) is 0 Å². The maximum atomic E-state index is 4.28. The first-order valence-electron chi connectivity index (χ1n) is 4.04. The van der Waals surface area contributed by atoms with E-state index in [1.165, 1.54) is 0 Å². The van der Waals surface area contributed by atoms with E-state index < -0.39 is 0 Å². The van der Waals surface area contributed by atoms with Gasteiger partial charge >= 0.3 is 0 Å². The summed E-state index contributed by atoms with van der Waals surface area (Å²) in [5.41, 5.74) is 2.12. The van der Waals surface area contributed by atoms with E-state index in [2.05, 4.69) is 20.9 Å². The fraction of sp³-hybridized carbons (Fsp3) is 0. The number of pyridine rings is 1. The number of hydrogen-bond donors (Lipinski definition) is 0. The van der Waals surface area contributed by atoms with Crippen LogP contribution in [-0.2, 0) is 0 Å². The van der Waals surface area contributed by atoms with Crippen molar-refractivity contribution in [3.63, 3.8) is 0 Å². The summed E-state index contributed by atoms with van der Waals surface area (Å²) in [7, 11) is 0. The topological polar surface area (TPSA) is 12.9 Å². The number of benzene rings is 1. The molecule has 0 N–H and O–H groups in total. The first-order chi connectivity index (χ1) is 6.38. The van der Waals surface area contributed by atoms with Gasteiger partial charge in [-0.05, 0) is 18.2 Å². The summed E-state index contributed by atoms with van der Waals surface area (Å²) < 4.78 is 1.08. The molecule has 2 rings (SSSR count). The minimum absolute atomic E-state index is 0.995. The van der Waals surface area contributed by atoms with Crippen LogP contribution in [0.5, 0.6) is 0 Å². The molecule has 1 nitrogen and oxygen atoms in total. The molecule has 0 fully saturated rings. The molecule has 0 aliphatic heterocycles. The van der Waals surface area contributed by atoms with Gasteiger partial charge in [0, 0.05) is 16.2 Å². The van der Waals surface area contributed by atoms with Crippen molar-refractivity contribution in [3.8, 4) is 11.3 Å². The molecule has 0 unspecified atom stereocenters. The van der Waals surface area contributed by atoms with Crippen molar-refractivity contribution in [2.75, 3.05) is 0 Å². The molecule has 0 aliphatic rings. The molecule has 0 atom stereocenters. The maximum absolute atomic E-state index is 4.28. The zero-order chi connectivity index (χ0) is 9.10. The molecule has 0 aliphatic carbocycles. The molecule has 0 amide bonds. The lowest BCUT2D eigenvalue weighted by Crippen LogP contribution is -1.82. The van der Waals surface area contributed by atoms with E-state index in [1.807, 2.05) is 42.5 Å². The zero-order valence-electron chi connectivity index (χ0n) is 6.94. The van der Waals surface area contributed by atoms with E-state index in [-0.39, 0.29) is 0 Å². The SMILES string of the molecule is Brc1ccccc1-c1ccccn1. The molecule has 1 aromatic heterocycles. The monoisotopic (exact) mass is 233 g/mol. The molecule has 13 heavy (non-hydrogen) atoms. The minimum atomic E-state index is 0.995. The van der Waals surface area contributed by atoms with Gasteiger partial charge < -0.3 is 0 Å². The Hall–Kier alpha value is -1.15. The van der Waals surface area contributed by atoms with Gasteiger partial charge in [0.05, 0.1) is 5.69 Å². The van der Waals surface area contributed by atoms with Crippen molar-refractivity contribution >= 4 is 15.9 Å². The van der Waals surface area contributed by atoms with Crippen LogP contribution in [0.1, 0.15) is 0 Å². The minimum Gasteiger partial charge on any atom is -0.256 e.